The maximum absolute atomic E-state index is 12.0. The van der Waals surface area contributed by atoms with Gasteiger partial charge in [0.25, 0.3) is 0 Å². The number of carbonyl (C=O) groups excluding carboxylic acids is 1. The molecular weight excluding hydrogens is 362 g/mol. The standard InChI is InChI=1S/C20H23N3OS2/c1-23(14-16-8-3-2-4-9-16)13-7-12-21-19(24)15-25-20-22-17-10-5-6-11-18(17)26-20/h2-6,8-11H,7,12-15H2,1H3,(H,21,24). The molecule has 0 fully saturated rings. The molecule has 0 aliphatic heterocycles. The van der Waals surface area contributed by atoms with Crippen LogP contribution in [0.25, 0.3) is 10.2 Å². The van der Waals surface area contributed by atoms with Crippen LogP contribution in [-0.2, 0) is 11.3 Å². The van der Waals surface area contributed by atoms with E-state index in [0.717, 1.165) is 34.1 Å². The first-order chi connectivity index (χ1) is 12.7. The summed E-state index contributed by atoms with van der Waals surface area (Å²) in [5, 5.41) is 3.00. The molecule has 0 spiro atoms. The Kier molecular flexibility index (Phi) is 7.05. The van der Waals surface area contributed by atoms with Gasteiger partial charge in [-0.1, -0.05) is 54.2 Å². The Morgan fingerprint density at radius 3 is 2.73 bits per heavy atom. The molecule has 6 heteroatoms. The predicted octanol–water partition coefficient (Wildman–Crippen LogP) is 4.03. The number of para-hydroxylation sites is 1. The van der Waals surface area contributed by atoms with Crippen molar-refractivity contribution in [2.45, 2.75) is 17.3 Å². The van der Waals surface area contributed by atoms with Crippen LogP contribution in [0.2, 0.25) is 0 Å². The summed E-state index contributed by atoms with van der Waals surface area (Å²) in [5.41, 5.74) is 2.31. The molecule has 136 valence electrons. The van der Waals surface area contributed by atoms with Gasteiger partial charge in [-0.2, -0.15) is 0 Å². The molecule has 3 aromatic rings. The van der Waals surface area contributed by atoms with Crippen molar-refractivity contribution in [1.82, 2.24) is 15.2 Å². The number of thioether (sulfide) groups is 1. The van der Waals surface area contributed by atoms with Gasteiger partial charge in [-0.25, -0.2) is 4.98 Å². The van der Waals surface area contributed by atoms with E-state index in [2.05, 4.69) is 52.6 Å². The van der Waals surface area contributed by atoms with Gasteiger partial charge in [-0.15, -0.1) is 11.3 Å². The predicted molar refractivity (Wildman–Crippen MR) is 111 cm³/mol. The van der Waals surface area contributed by atoms with Crippen molar-refractivity contribution in [3.05, 3.63) is 60.2 Å². The zero-order chi connectivity index (χ0) is 18.2. The summed E-state index contributed by atoms with van der Waals surface area (Å²) in [6.07, 6.45) is 0.945. The number of nitrogens with zero attached hydrogens (tertiary/aromatic N) is 2. The highest BCUT2D eigenvalue weighted by Crippen LogP contribution is 2.28. The molecule has 3 rings (SSSR count). The van der Waals surface area contributed by atoms with Crippen LogP contribution in [0.1, 0.15) is 12.0 Å². The first-order valence-corrected chi connectivity index (χ1v) is 10.5. The Balaban J connectivity index is 1.31. The van der Waals surface area contributed by atoms with Crippen molar-refractivity contribution in [3.8, 4) is 0 Å². The number of thiazole rings is 1. The fourth-order valence-electron chi connectivity index (χ4n) is 2.64. The van der Waals surface area contributed by atoms with Crippen LogP contribution >= 0.6 is 23.1 Å². The van der Waals surface area contributed by atoms with Crippen molar-refractivity contribution in [1.29, 1.82) is 0 Å². The van der Waals surface area contributed by atoms with Crippen molar-refractivity contribution in [3.63, 3.8) is 0 Å². The quantitative estimate of drug-likeness (QED) is 0.446. The molecule has 0 atom stereocenters. The molecule has 0 aliphatic carbocycles. The van der Waals surface area contributed by atoms with Crippen molar-refractivity contribution in [2.75, 3.05) is 25.9 Å². The average molecular weight is 386 g/mol. The van der Waals surface area contributed by atoms with Gasteiger partial charge in [-0.3, -0.25) is 4.79 Å². The molecular formula is C20H23N3OS2. The zero-order valence-corrected chi connectivity index (χ0v) is 16.5. The van der Waals surface area contributed by atoms with E-state index >= 15 is 0 Å². The number of hydrogen-bond acceptors (Lipinski definition) is 5. The van der Waals surface area contributed by atoms with E-state index in [0.29, 0.717) is 12.3 Å². The van der Waals surface area contributed by atoms with E-state index in [1.54, 1.807) is 11.3 Å². The van der Waals surface area contributed by atoms with Gasteiger partial charge in [0.2, 0.25) is 5.91 Å². The minimum Gasteiger partial charge on any atom is -0.355 e. The monoisotopic (exact) mass is 385 g/mol. The Hall–Kier alpha value is -1.89. The van der Waals surface area contributed by atoms with Crippen LogP contribution in [0.3, 0.4) is 0 Å². The van der Waals surface area contributed by atoms with Gasteiger partial charge < -0.3 is 10.2 Å². The molecule has 0 saturated carbocycles. The largest absolute Gasteiger partial charge is 0.355 e. The summed E-state index contributed by atoms with van der Waals surface area (Å²) in [7, 11) is 2.11. The molecule has 26 heavy (non-hydrogen) atoms. The molecule has 1 amide bonds. The van der Waals surface area contributed by atoms with Gasteiger partial charge in [0.05, 0.1) is 16.0 Å². The number of carbonyl (C=O) groups is 1. The molecule has 4 nitrogen and oxygen atoms in total. The smallest absolute Gasteiger partial charge is 0.230 e. The van der Waals surface area contributed by atoms with Gasteiger partial charge in [0, 0.05) is 13.1 Å². The minimum absolute atomic E-state index is 0.0694. The summed E-state index contributed by atoms with van der Waals surface area (Å²) in [5.74, 6) is 0.486. The Morgan fingerprint density at radius 1 is 1.15 bits per heavy atom. The highest BCUT2D eigenvalue weighted by atomic mass is 32.2. The summed E-state index contributed by atoms with van der Waals surface area (Å²) in [6.45, 7) is 2.60. The molecule has 1 N–H and O–H groups in total. The minimum atomic E-state index is 0.0694. The molecule has 0 bridgehead atoms. The van der Waals surface area contributed by atoms with Gasteiger partial charge in [-0.05, 0) is 37.7 Å². The van der Waals surface area contributed by atoms with Crippen LogP contribution in [-0.4, -0.2) is 41.7 Å². The first kappa shape index (κ1) is 18.9. The second-order valence-corrected chi connectivity index (χ2v) is 8.42. The number of nitrogens with one attached hydrogen (secondary N) is 1. The Labute approximate surface area is 162 Å². The number of aromatic nitrogens is 1. The van der Waals surface area contributed by atoms with Crippen LogP contribution in [0, 0.1) is 0 Å². The first-order valence-electron chi connectivity index (χ1n) is 8.68. The summed E-state index contributed by atoms with van der Waals surface area (Å²) < 4.78 is 2.11. The molecule has 0 radical (unpaired) electrons. The van der Waals surface area contributed by atoms with Crippen molar-refractivity contribution < 1.29 is 4.79 Å². The molecule has 0 unspecified atom stereocenters. The molecule has 2 aromatic carbocycles. The molecule has 0 saturated heterocycles. The van der Waals surface area contributed by atoms with Gasteiger partial charge in [0.15, 0.2) is 4.34 Å². The Morgan fingerprint density at radius 2 is 1.92 bits per heavy atom. The summed E-state index contributed by atoms with van der Waals surface area (Å²) >= 11 is 3.14. The van der Waals surface area contributed by atoms with Crippen LogP contribution < -0.4 is 5.32 Å². The van der Waals surface area contributed by atoms with E-state index in [1.807, 2.05) is 24.3 Å². The lowest BCUT2D eigenvalue weighted by atomic mass is 10.2. The van der Waals surface area contributed by atoms with Crippen molar-refractivity contribution >= 4 is 39.2 Å². The van der Waals surface area contributed by atoms with Gasteiger partial charge in [0.1, 0.15) is 0 Å². The number of amides is 1. The number of benzene rings is 2. The SMILES string of the molecule is CN(CCCNC(=O)CSc1nc2ccccc2s1)Cc1ccccc1. The van der Waals surface area contributed by atoms with E-state index in [4.69, 9.17) is 0 Å². The Bertz CT molecular complexity index is 802. The topological polar surface area (TPSA) is 45.2 Å². The van der Waals surface area contributed by atoms with E-state index in [9.17, 15) is 4.79 Å². The fourth-order valence-corrected chi connectivity index (χ4v) is 4.54. The molecule has 1 aromatic heterocycles. The number of hydrogen-bond donors (Lipinski definition) is 1. The highest BCUT2D eigenvalue weighted by Gasteiger charge is 2.07. The lowest BCUT2D eigenvalue weighted by Crippen LogP contribution is -2.29. The summed E-state index contributed by atoms with van der Waals surface area (Å²) in [6, 6.07) is 18.5. The lowest BCUT2D eigenvalue weighted by molar-refractivity contribution is -0.118. The maximum Gasteiger partial charge on any atom is 0.230 e. The average Bonchev–Trinajstić information content (AvgIpc) is 3.07. The third-order valence-electron chi connectivity index (χ3n) is 3.94. The lowest BCUT2D eigenvalue weighted by Gasteiger charge is -2.16. The van der Waals surface area contributed by atoms with Crippen molar-refractivity contribution in [2.24, 2.45) is 0 Å². The summed E-state index contributed by atoms with van der Waals surface area (Å²) in [4.78, 5) is 18.8. The van der Waals surface area contributed by atoms with Crippen LogP contribution in [0.4, 0.5) is 0 Å². The van der Waals surface area contributed by atoms with E-state index in [1.165, 1.54) is 17.3 Å². The zero-order valence-electron chi connectivity index (χ0n) is 14.9. The number of fused-ring (bicyclic) bond motifs is 1. The van der Waals surface area contributed by atoms with E-state index in [-0.39, 0.29) is 5.91 Å². The normalized spacial score (nSPS) is 11.2. The fraction of sp³-hybridized carbons (Fsp3) is 0.300. The second kappa shape index (κ2) is 9.71. The highest BCUT2D eigenvalue weighted by molar-refractivity contribution is 8.01. The second-order valence-electron chi connectivity index (χ2n) is 6.16. The third-order valence-corrected chi connectivity index (χ3v) is 6.11. The van der Waals surface area contributed by atoms with Crippen LogP contribution in [0.15, 0.2) is 58.9 Å². The molecule has 1 heterocycles. The third kappa shape index (κ3) is 5.83. The molecule has 0 aliphatic rings. The van der Waals surface area contributed by atoms with Gasteiger partial charge >= 0.3 is 0 Å². The maximum atomic E-state index is 12.0. The van der Waals surface area contributed by atoms with E-state index < -0.39 is 0 Å². The van der Waals surface area contributed by atoms with Crippen LogP contribution in [0.5, 0.6) is 0 Å². The number of rotatable bonds is 9.